The van der Waals surface area contributed by atoms with Crippen LogP contribution in [0.3, 0.4) is 0 Å². The fraction of sp³-hybridized carbons (Fsp3) is 0. The van der Waals surface area contributed by atoms with Crippen LogP contribution in [0.1, 0.15) is 20.8 Å². The summed E-state index contributed by atoms with van der Waals surface area (Å²) in [5.41, 5.74) is 6.29. The molecular formula is C13H10N3O2. The van der Waals surface area contributed by atoms with E-state index >= 15 is 0 Å². The molecule has 0 unspecified atom stereocenters. The van der Waals surface area contributed by atoms with Crippen LogP contribution in [0, 0.1) is 0 Å². The third kappa shape index (κ3) is 2.91. The smallest absolute Gasteiger partial charge is 0.267 e. The molecule has 1 aromatic heterocycles. The van der Waals surface area contributed by atoms with Crippen LogP contribution in [0.25, 0.3) is 0 Å². The third-order valence-electron chi connectivity index (χ3n) is 2.18. The quantitative estimate of drug-likeness (QED) is 0.801. The van der Waals surface area contributed by atoms with Gasteiger partial charge in [0.25, 0.3) is 5.91 Å². The number of rotatable bonds is 2. The minimum absolute atomic E-state index is 0.186. The van der Waals surface area contributed by atoms with Gasteiger partial charge in [0, 0.05) is 11.8 Å². The first-order valence-electron chi connectivity index (χ1n) is 5.29. The highest BCUT2D eigenvalue weighted by molar-refractivity contribution is 5.97. The summed E-state index contributed by atoms with van der Waals surface area (Å²) in [6, 6.07) is 13.4. The zero-order chi connectivity index (χ0) is 12.8. The van der Waals surface area contributed by atoms with Gasteiger partial charge in [-0.05, 0) is 24.3 Å². The maximum Gasteiger partial charge on any atom is 0.312 e. The molecule has 18 heavy (non-hydrogen) atoms. The van der Waals surface area contributed by atoms with Gasteiger partial charge in [-0.25, -0.2) is 5.43 Å². The lowest BCUT2D eigenvalue weighted by atomic mass is 10.2. The zero-order valence-corrected chi connectivity index (χ0v) is 9.41. The first kappa shape index (κ1) is 11.8. The molecule has 1 radical (unpaired) electrons. The van der Waals surface area contributed by atoms with Crippen molar-refractivity contribution in [3.63, 3.8) is 0 Å². The Labute approximate surface area is 104 Å². The lowest BCUT2D eigenvalue weighted by Gasteiger charge is -2.03. The van der Waals surface area contributed by atoms with E-state index in [4.69, 9.17) is 0 Å². The molecule has 5 heteroatoms. The molecular weight excluding hydrogens is 230 g/mol. The third-order valence-corrected chi connectivity index (χ3v) is 2.18. The van der Waals surface area contributed by atoms with Gasteiger partial charge in [0.15, 0.2) is 0 Å². The summed E-state index contributed by atoms with van der Waals surface area (Å²) >= 11 is 0. The molecule has 0 spiro atoms. The van der Waals surface area contributed by atoms with Crippen molar-refractivity contribution in [3.8, 4) is 0 Å². The van der Waals surface area contributed by atoms with Gasteiger partial charge in [0.2, 0.25) is 0 Å². The van der Waals surface area contributed by atoms with Crippen LogP contribution in [0.2, 0.25) is 0 Å². The monoisotopic (exact) mass is 240 g/mol. The van der Waals surface area contributed by atoms with Gasteiger partial charge < -0.3 is 0 Å². The molecule has 5 nitrogen and oxygen atoms in total. The normalized spacial score (nSPS) is 9.56. The average Bonchev–Trinajstić information content (AvgIpc) is 2.46. The van der Waals surface area contributed by atoms with Gasteiger partial charge in [0.1, 0.15) is 5.69 Å². The predicted octanol–water partition coefficient (Wildman–Crippen LogP) is 1.17. The number of hydrogen-bond acceptors (Lipinski definition) is 3. The lowest BCUT2D eigenvalue weighted by Crippen LogP contribution is -2.35. The van der Waals surface area contributed by atoms with E-state index in [1.807, 2.05) is 0 Å². The molecule has 1 N–H and O–H groups in total. The minimum Gasteiger partial charge on any atom is -0.267 e. The summed E-state index contributed by atoms with van der Waals surface area (Å²) in [5.74, 6) is -1.01. The number of aromatic nitrogens is 1. The Morgan fingerprint density at radius 2 is 1.72 bits per heavy atom. The van der Waals surface area contributed by atoms with Crippen molar-refractivity contribution in [2.45, 2.75) is 0 Å². The molecule has 0 atom stereocenters. The highest BCUT2D eigenvalue weighted by atomic mass is 16.2. The molecule has 2 rings (SSSR count). The maximum absolute atomic E-state index is 11.6. The van der Waals surface area contributed by atoms with Crippen LogP contribution in [0.15, 0.2) is 54.7 Å². The van der Waals surface area contributed by atoms with Crippen molar-refractivity contribution in [1.82, 2.24) is 15.8 Å². The molecule has 2 aromatic rings. The van der Waals surface area contributed by atoms with E-state index in [1.165, 1.54) is 12.3 Å². The minimum atomic E-state index is -0.583. The summed E-state index contributed by atoms with van der Waals surface area (Å²) in [5, 5.41) is 0. The number of carbonyl (C=O) groups is 2. The fourth-order valence-corrected chi connectivity index (χ4v) is 1.30. The fourth-order valence-electron chi connectivity index (χ4n) is 1.30. The van der Waals surface area contributed by atoms with E-state index in [0.29, 0.717) is 5.56 Å². The number of amides is 2. The van der Waals surface area contributed by atoms with E-state index in [-0.39, 0.29) is 5.69 Å². The highest BCUT2D eigenvalue weighted by Crippen LogP contribution is 1.97. The topological polar surface area (TPSA) is 73.2 Å². The van der Waals surface area contributed by atoms with E-state index in [0.717, 1.165) is 0 Å². The summed E-state index contributed by atoms with van der Waals surface area (Å²) in [4.78, 5) is 27.0. The van der Waals surface area contributed by atoms with Gasteiger partial charge in [0.05, 0.1) is 0 Å². The van der Waals surface area contributed by atoms with E-state index in [2.05, 4.69) is 15.8 Å². The molecule has 0 bridgehead atoms. The van der Waals surface area contributed by atoms with E-state index in [1.54, 1.807) is 42.5 Å². The van der Waals surface area contributed by atoms with Crippen LogP contribution >= 0.6 is 0 Å². The SMILES string of the molecule is O=C(N[N]C(=O)c1ccccn1)c1ccccc1. The van der Waals surface area contributed by atoms with Gasteiger partial charge in [-0.2, -0.15) is 0 Å². The number of carbonyl (C=O) groups excluding carboxylic acids is 2. The molecule has 2 amide bonds. The number of hydrogen-bond donors (Lipinski definition) is 1. The second-order valence-corrected chi connectivity index (χ2v) is 3.44. The van der Waals surface area contributed by atoms with Crippen LogP contribution in [-0.2, 0) is 0 Å². The first-order valence-corrected chi connectivity index (χ1v) is 5.29. The molecule has 0 aliphatic carbocycles. The summed E-state index contributed by atoms with van der Waals surface area (Å²) in [6.45, 7) is 0. The first-order chi connectivity index (χ1) is 8.77. The van der Waals surface area contributed by atoms with Gasteiger partial charge in [-0.1, -0.05) is 24.3 Å². The lowest BCUT2D eigenvalue weighted by molar-refractivity contribution is 0.0838. The van der Waals surface area contributed by atoms with Crippen molar-refractivity contribution in [2.75, 3.05) is 0 Å². The average molecular weight is 240 g/mol. The van der Waals surface area contributed by atoms with E-state index < -0.39 is 11.8 Å². The number of nitrogens with zero attached hydrogens (tertiary/aromatic N) is 2. The van der Waals surface area contributed by atoms with Crippen LogP contribution < -0.4 is 10.9 Å². The van der Waals surface area contributed by atoms with Crippen molar-refractivity contribution in [3.05, 3.63) is 66.0 Å². The Morgan fingerprint density at radius 1 is 1.00 bits per heavy atom. The molecule has 0 aliphatic rings. The number of nitrogens with one attached hydrogen (secondary N) is 1. The largest absolute Gasteiger partial charge is 0.312 e. The Balaban J connectivity index is 1.93. The molecule has 1 aromatic carbocycles. The number of benzene rings is 1. The number of pyridine rings is 1. The van der Waals surface area contributed by atoms with Crippen LogP contribution in [0.4, 0.5) is 0 Å². The maximum atomic E-state index is 11.6. The van der Waals surface area contributed by atoms with Crippen molar-refractivity contribution in [1.29, 1.82) is 0 Å². The molecule has 0 saturated carbocycles. The van der Waals surface area contributed by atoms with Crippen molar-refractivity contribution >= 4 is 11.8 Å². The summed E-state index contributed by atoms with van der Waals surface area (Å²) in [7, 11) is 0. The van der Waals surface area contributed by atoms with E-state index in [9.17, 15) is 9.59 Å². The Kier molecular flexibility index (Phi) is 3.66. The molecule has 0 aliphatic heterocycles. The van der Waals surface area contributed by atoms with Crippen LogP contribution in [0.5, 0.6) is 0 Å². The summed E-state index contributed by atoms with van der Waals surface area (Å²) < 4.78 is 0. The summed E-state index contributed by atoms with van der Waals surface area (Å²) in [6.07, 6.45) is 1.49. The second kappa shape index (κ2) is 5.58. The predicted molar refractivity (Wildman–Crippen MR) is 64.6 cm³/mol. The molecule has 89 valence electrons. The van der Waals surface area contributed by atoms with Gasteiger partial charge >= 0.3 is 5.91 Å². The Hall–Kier alpha value is -2.69. The Morgan fingerprint density at radius 3 is 2.39 bits per heavy atom. The van der Waals surface area contributed by atoms with Gasteiger partial charge in [-0.15, -0.1) is 5.43 Å². The second-order valence-electron chi connectivity index (χ2n) is 3.44. The zero-order valence-electron chi connectivity index (χ0n) is 9.41. The molecule has 1 heterocycles. The standard InChI is InChI=1S/C13H10N3O2/c17-12(10-6-2-1-3-7-10)15-16-13(18)11-8-4-5-9-14-11/h1-9H,(H,15,17). The highest BCUT2D eigenvalue weighted by Gasteiger charge is 2.10. The van der Waals surface area contributed by atoms with Crippen molar-refractivity contribution in [2.24, 2.45) is 0 Å². The van der Waals surface area contributed by atoms with Crippen LogP contribution in [-0.4, -0.2) is 16.8 Å². The Bertz CT molecular complexity index is 489. The van der Waals surface area contributed by atoms with Gasteiger partial charge in [-0.3, -0.25) is 14.6 Å². The van der Waals surface area contributed by atoms with Crippen molar-refractivity contribution < 1.29 is 9.59 Å². The molecule has 0 fully saturated rings. The molecule has 0 saturated heterocycles.